The van der Waals surface area contributed by atoms with Gasteiger partial charge in [-0.1, -0.05) is 26.8 Å². The van der Waals surface area contributed by atoms with Gasteiger partial charge in [-0.05, 0) is 36.0 Å². The number of nitrogens with one attached hydrogen (secondary N) is 1. The van der Waals surface area contributed by atoms with Crippen molar-refractivity contribution in [3.63, 3.8) is 0 Å². The molecule has 138 valence electrons. The average Bonchev–Trinajstić information content (AvgIpc) is 3.06. The van der Waals surface area contributed by atoms with E-state index in [1.165, 1.54) is 0 Å². The summed E-state index contributed by atoms with van der Waals surface area (Å²) in [4.78, 5) is 12.5. The summed E-state index contributed by atoms with van der Waals surface area (Å²) >= 11 is 0. The van der Waals surface area contributed by atoms with Crippen molar-refractivity contribution in [3.05, 3.63) is 23.8 Å². The van der Waals surface area contributed by atoms with Crippen LogP contribution in [0.2, 0.25) is 0 Å². The quantitative estimate of drug-likeness (QED) is 0.869. The summed E-state index contributed by atoms with van der Waals surface area (Å²) in [5.74, 6) is 1.42. The minimum Gasteiger partial charge on any atom is -0.454 e. The molecular formula is C19H28N2O4. The molecule has 6 heteroatoms. The van der Waals surface area contributed by atoms with Crippen LogP contribution < -0.4 is 20.5 Å². The maximum atomic E-state index is 12.5. The van der Waals surface area contributed by atoms with E-state index in [4.69, 9.17) is 19.9 Å². The van der Waals surface area contributed by atoms with E-state index in [1.807, 2.05) is 32.9 Å². The lowest BCUT2D eigenvalue weighted by atomic mass is 9.73. The molecule has 2 heterocycles. The molecule has 1 aromatic carbocycles. The standard InChI is InChI=1S/C19H28N2O4/c1-18(2,3)16(20)17(22)21-11-19(6-8-23-9-7-19)13-4-5-14-15(10-13)25-12-24-14/h4-5,10,16H,6-9,11-12,20H2,1-3H3,(H,21,22)/t16-/m1/s1. The van der Waals surface area contributed by atoms with E-state index in [2.05, 4.69) is 11.4 Å². The highest BCUT2D eigenvalue weighted by Gasteiger charge is 2.37. The fourth-order valence-corrected chi connectivity index (χ4v) is 3.32. The van der Waals surface area contributed by atoms with Crippen molar-refractivity contribution in [1.29, 1.82) is 0 Å². The number of fused-ring (bicyclic) bond motifs is 1. The Morgan fingerprint density at radius 1 is 1.24 bits per heavy atom. The van der Waals surface area contributed by atoms with Gasteiger partial charge >= 0.3 is 0 Å². The van der Waals surface area contributed by atoms with Crippen LogP contribution in [-0.4, -0.2) is 38.5 Å². The summed E-state index contributed by atoms with van der Waals surface area (Å²) in [6.45, 7) is 8.06. The van der Waals surface area contributed by atoms with Gasteiger partial charge < -0.3 is 25.3 Å². The van der Waals surface area contributed by atoms with Crippen molar-refractivity contribution in [2.75, 3.05) is 26.6 Å². The topological polar surface area (TPSA) is 82.8 Å². The molecule has 0 radical (unpaired) electrons. The molecule has 0 saturated carbocycles. The number of carbonyl (C=O) groups is 1. The summed E-state index contributed by atoms with van der Waals surface area (Å²) in [7, 11) is 0. The third-order valence-corrected chi connectivity index (χ3v) is 5.25. The highest BCUT2D eigenvalue weighted by molar-refractivity contribution is 5.82. The number of amides is 1. The van der Waals surface area contributed by atoms with Gasteiger partial charge in [-0.15, -0.1) is 0 Å². The molecule has 2 aliphatic rings. The van der Waals surface area contributed by atoms with E-state index < -0.39 is 6.04 Å². The molecule has 0 spiro atoms. The van der Waals surface area contributed by atoms with Crippen LogP contribution in [0.1, 0.15) is 39.2 Å². The molecule has 1 fully saturated rings. The second kappa shape index (κ2) is 6.84. The van der Waals surface area contributed by atoms with Crippen LogP contribution in [0.5, 0.6) is 11.5 Å². The van der Waals surface area contributed by atoms with Crippen molar-refractivity contribution in [2.24, 2.45) is 11.1 Å². The van der Waals surface area contributed by atoms with E-state index in [9.17, 15) is 4.79 Å². The SMILES string of the molecule is CC(C)(C)[C@H](N)C(=O)NCC1(c2ccc3c(c2)OCO3)CCOCC1. The van der Waals surface area contributed by atoms with Crippen LogP contribution in [0.15, 0.2) is 18.2 Å². The van der Waals surface area contributed by atoms with Gasteiger partial charge in [0.1, 0.15) is 0 Å². The number of hydrogen-bond donors (Lipinski definition) is 2. The van der Waals surface area contributed by atoms with Gasteiger partial charge in [0.15, 0.2) is 11.5 Å². The predicted molar refractivity (Wildman–Crippen MR) is 94.7 cm³/mol. The van der Waals surface area contributed by atoms with Crippen LogP contribution in [0.3, 0.4) is 0 Å². The van der Waals surface area contributed by atoms with Crippen molar-refractivity contribution in [3.8, 4) is 11.5 Å². The maximum absolute atomic E-state index is 12.5. The minimum atomic E-state index is -0.541. The Bertz CT molecular complexity index is 633. The van der Waals surface area contributed by atoms with E-state index in [0.29, 0.717) is 19.8 Å². The Hall–Kier alpha value is -1.79. The lowest BCUT2D eigenvalue weighted by Gasteiger charge is -2.38. The first-order valence-corrected chi connectivity index (χ1v) is 8.83. The Labute approximate surface area is 149 Å². The molecule has 6 nitrogen and oxygen atoms in total. The van der Waals surface area contributed by atoms with Crippen LogP contribution in [-0.2, 0) is 14.9 Å². The number of carbonyl (C=O) groups excluding carboxylic acids is 1. The van der Waals surface area contributed by atoms with E-state index in [0.717, 1.165) is 29.9 Å². The Morgan fingerprint density at radius 2 is 1.92 bits per heavy atom. The van der Waals surface area contributed by atoms with E-state index in [-0.39, 0.29) is 23.5 Å². The van der Waals surface area contributed by atoms with Crippen LogP contribution in [0.25, 0.3) is 0 Å². The van der Waals surface area contributed by atoms with Gasteiger partial charge in [0.25, 0.3) is 0 Å². The number of hydrogen-bond acceptors (Lipinski definition) is 5. The molecule has 0 aromatic heterocycles. The van der Waals surface area contributed by atoms with E-state index in [1.54, 1.807) is 0 Å². The Kier molecular flexibility index (Phi) is 4.93. The van der Waals surface area contributed by atoms with Crippen molar-refractivity contribution in [1.82, 2.24) is 5.32 Å². The molecule has 0 bridgehead atoms. The zero-order valence-corrected chi connectivity index (χ0v) is 15.3. The average molecular weight is 348 g/mol. The van der Waals surface area contributed by atoms with Gasteiger partial charge in [-0.2, -0.15) is 0 Å². The molecular weight excluding hydrogens is 320 g/mol. The zero-order chi connectivity index (χ0) is 18.1. The molecule has 3 rings (SSSR count). The molecule has 3 N–H and O–H groups in total. The minimum absolute atomic E-state index is 0.112. The smallest absolute Gasteiger partial charge is 0.237 e. The molecule has 1 saturated heterocycles. The lowest BCUT2D eigenvalue weighted by Crippen LogP contribution is -2.52. The van der Waals surface area contributed by atoms with Gasteiger partial charge in [-0.3, -0.25) is 4.79 Å². The summed E-state index contributed by atoms with van der Waals surface area (Å²) in [5.41, 5.74) is 6.79. The Balaban J connectivity index is 1.79. The van der Waals surface area contributed by atoms with Crippen molar-refractivity contribution in [2.45, 2.75) is 45.1 Å². The monoisotopic (exact) mass is 348 g/mol. The van der Waals surface area contributed by atoms with Crippen LogP contribution in [0.4, 0.5) is 0 Å². The van der Waals surface area contributed by atoms with Crippen molar-refractivity contribution < 1.29 is 19.0 Å². The number of ether oxygens (including phenoxy) is 3. The number of nitrogens with two attached hydrogens (primary N) is 1. The molecule has 25 heavy (non-hydrogen) atoms. The van der Waals surface area contributed by atoms with E-state index >= 15 is 0 Å². The fraction of sp³-hybridized carbons (Fsp3) is 0.632. The predicted octanol–water partition coefficient (Wildman–Crippen LogP) is 1.95. The van der Waals surface area contributed by atoms with Crippen LogP contribution >= 0.6 is 0 Å². The Morgan fingerprint density at radius 3 is 2.60 bits per heavy atom. The lowest BCUT2D eigenvalue weighted by molar-refractivity contribution is -0.125. The van der Waals surface area contributed by atoms with Crippen molar-refractivity contribution >= 4 is 5.91 Å². The molecule has 1 atom stereocenters. The first-order valence-electron chi connectivity index (χ1n) is 8.83. The summed E-state index contributed by atoms with van der Waals surface area (Å²) < 4.78 is 16.5. The first kappa shape index (κ1) is 18.0. The van der Waals surface area contributed by atoms with Gasteiger partial charge in [-0.25, -0.2) is 0 Å². The second-order valence-electron chi connectivity index (χ2n) is 8.02. The summed E-state index contributed by atoms with van der Waals surface area (Å²) in [5, 5.41) is 3.07. The molecule has 0 unspecified atom stereocenters. The molecule has 2 aliphatic heterocycles. The highest BCUT2D eigenvalue weighted by Crippen LogP contribution is 2.40. The maximum Gasteiger partial charge on any atom is 0.237 e. The third kappa shape index (κ3) is 3.75. The second-order valence-corrected chi connectivity index (χ2v) is 8.02. The third-order valence-electron chi connectivity index (χ3n) is 5.25. The summed E-state index contributed by atoms with van der Waals surface area (Å²) in [6.07, 6.45) is 1.69. The highest BCUT2D eigenvalue weighted by atomic mass is 16.7. The molecule has 1 amide bonds. The molecule has 1 aromatic rings. The van der Waals surface area contributed by atoms with Gasteiger partial charge in [0.2, 0.25) is 12.7 Å². The normalized spacial score (nSPS) is 20.2. The number of benzene rings is 1. The summed E-state index contributed by atoms with van der Waals surface area (Å²) in [6, 6.07) is 5.50. The largest absolute Gasteiger partial charge is 0.454 e. The van der Waals surface area contributed by atoms with Gasteiger partial charge in [0, 0.05) is 25.2 Å². The zero-order valence-electron chi connectivity index (χ0n) is 15.3. The van der Waals surface area contributed by atoms with Crippen LogP contribution in [0, 0.1) is 5.41 Å². The van der Waals surface area contributed by atoms with Gasteiger partial charge in [0.05, 0.1) is 6.04 Å². The fourth-order valence-electron chi connectivity index (χ4n) is 3.32. The molecule has 0 aliphatic carbocycles. The number of rotatable bonds is 4. The first-order chi connectivity index (χ1) is 11.8.